The lowest BCUT2D eigenvalue weighted by molar-refractivity contribution is -0.178. The fourth-order valence-corrected chi connectivity index (χ4v) is 2.53. The number of hydrogen-bond donors (Lipinski definition) is 1. The summed E-state index contributed by atoms with van der Waals surface area (Å²) in [6.07, 6.45) is -0.995. The van der Waals surface area contributed by atoms with Crippen LogP contribution in [0.4, 0.5) is 19.4 Å². The highest BCUT2D eigenvalue weighted by Gasteiger charge is 2.57. The summed E-state index contributed by atoms with van der Waals surface area (Å²) >= 11 is 0. The van der Waals surface area contributed by atoms with Crippen molar-refractivity contribution in [3.63, 3.8) is 0 Å². The van der Waals surface area contributed by atoms with Crippen molar-refractivity contribution in [1.29, 1.82) is 0 Å². The number of carbonyl (C=O) groups excluding carboxylic acids is 2. The molecule has 0 radical (unpaired) electrons. The minimum Gasteiger partial charge on any atom is -0.453 e. The largest absolute Gasteiger partial charge is 0.453 e. The van der Waals surface area contributed by atoms with Gasteiger partial charge in [0.25, 0.3) is 0 Å². The van der Waals surface area contributed by atoms with Gasteiger partial charge in [0.1, 0.15) is 5.82 Å². The van der Waals surface area contributed by atoms with Crippen LogP contribution in [0.2, 0.25) is 0 Å². The summed E-state index contributed by atoms with van der Waals surface area (Å²) in [6, 6.07) is 1.17. The third-order valence-corrected chi connectivity index (χ3v) is 4.19. The molecule has 1 saturated heterocycles. The predicted octanol–water partition coefficient (Wildman–Crippen LogP) is 2.71. The Hall–Kier alpha value is -2.56. The molecule has 1 amide bonds. The lowest BCUT2D eigenvalue weighted by Gasteiger charge is -2.23. The highest BCUT2D eigenvalue weighted by atomic mass is 19.3. The van der Waals surface area contributed by atoms with E-state index < -0.39 is 48.5 Å². The van der Waals surface area contributed by atoms with Crippen molar-refractivity contribution >= 4 is 17.9 Å². The monoisotopic (exact) mass is 417 g/mol. The molecule has 1 aromatic heterocycles. The zero-order chi connectivity index (χ0) is 21.6. The summed E-state index contributed by atoms with van der Waals surface area (Å²) in [5.74, 6) is -5.15. The van der Waals surface area contributed by atoms with Crippen LogP contribution in [-0.2, 0) is 19.0 Å². The zero-order valence-electron chi connectivity index (χ0n) is 16.5. The maximum Gasteiger partial charge on any atom is 0.412 e. The number of amides is 1. The van der Waals surface area contributed by atoms with Gasteiger partial charge in [0.15, 0.2) is 6.10 Å². The molecule has 9 nitrogen and oxygen atoms in total. The molecule has 1 N–H and O–H groups in total. The van der Waals surface area contributed by atoms with Gasteiger partial charge in [0.05, 0.1) is 19.1 Å². The number of unbranched alkanes of at least 4 members (excludes halogenated alkanes) is 2. The number of nitrogens with zero attached hydrogens (tertiary/aromatic N) is 2. The van der Waals surface area contributed by atoms with Gasteiger partial charge in [-0.3, -0.25) is 14.7 Å². The van der Waals surface area contributed by atoms with Gasteiger partial charge in [0, 0.05) is 6.20 Å². The number of ether oxygens (including phenoxy) is 3. The smallest absolute Gasteiger partial charge is 0.412 e. The van der Waals surface area contributed by atoms with Gasteiger partial charge in [-0.2, -0.15) is 13.8 Å². The van der Waals surface area contributed by atoms with Gasteiger partial charge in [-0.05, 0) is 12.5 Å². The van der Waals surface area contributed by atoms with Crippen LogP contribution < -0.4 is 11.0 Å². The molecular weight excluding hydrogens is 392 g/mol. The van der Waals surface area contributed by atoms with Crippen molar-refractivity contribution in [1.82, 2.24) is 9.55 Å². The molecule has 29 heavy (non-hydrogen) atoms. The standard InChI is InChI=1S/C18H25F2N3O6/c1-4-5-6-9-27-17(26)22-13-7-8-23(16(25)21-13)15-18(19,20)12(10-28-15)29-14(24)11(2)3/h7-8,11-12,15H,4-6,9-10H2,1-3H3,(H,21,22,25,26)/t12-,15-/m1/s1. The third kappa shape index (κ3) is 5.72. The van der Waals surface area contributed by atoms with Gasteiger partial charge in [0.2, 0.25) is 6.23 Å². The lowest BCUT2D eigenvalue weighted by Crippen LogP contribution is -2.42. The maximum atomic E-state index is 14.6. The molecule has 0 unspecified atom stereocenters. The van der Waals surface area contributed by atoms with E-state index in [-0.39, 0.29) is 12.4 Å². The Morgan fingerprint density at radius 2 is 2.14 bits per heavy atom. The summed E-state index contributed by atoms with van der Waals surface area (Å²) in [4.78, 5) is 39.0. The SMILES string of the molecule is CCCCCOC(=O)Nc1ccn([C@@H]2OC[C@@H](OC(=O)C(C)C)C2(F)F)c(=O)n1. The molecule has 2 rings (SSSR count). The van der Waals surface area contributed by atoms with Crippen LogP contribution in [0.25, 0.3) is 0 Å². The quantitative estimate of drug-likeness (QED) is 0.512. The molecule has 1 aromatic rings. The predicted molar refractivity (Wildman–Crippen MR) is 97.6 cm³/mol. The summed E-state index contributed by atoms with van der Waals surface area (Å²) < 4.78 is 44.5. The fourth-order valence-electron chi connectivity index (χ4n) is 2.53. The summed E-state index contributed by atoms with van der Waals surface area (Å²) in [5.41, 5.74) is -1.06. The number of aromatic nitrogens is 2. The molecular formula is C18H25F2N3O6. The minimum atomic E-state index is -3.64. The number of anilines is 1. The Balaban J connectivity index is 2.04. The van der Waals surface area contributed by atoms with Crippen molar-refractivity contribution < 1.29 is 32.6 Å². The normalized spacial score (nSPS) is 20.5. The number of rotatable bonds is 8. The number of nitrogens with one attached hydrogen (secondary N) is 1. The first-order valence-corrected chi connectivity index (χ1v) is 9.39. The third-order valence-electron chi connectivity index (χ3n) is 4.19. The second-order valence-corrected chi connectivity index (χ2v) is 6.91. The number of carbonyl (C=O) groups is 2. The first-order chi connectivity index (χ1) is 13.7. The molecule has 0 aliphatic carbocycles. The Kier molecular flexibility index (Phi) is 7.66. The average molecular weight is 417 g/mol. The number of alkyl halides is 2. The van der Waals surface area contributed by atoms with Gasteiger partial charge < -0.3 is 14.2 Å². The molecule has 1 fully saturated rings. The van der Waals surface area contributed by atoms with Gasteiger partial charge in [-0.1, -0.05) is 33.6 Å². The highest BCUT2D eigenvalue weighted by molar-refractivity contribution is 5.83. The molecule has 0 spiro atoms. The second kappa shape index (κ2) is 9.77. The van der Waals surface area contributed by atoms with Crippen molar-refractivity contribution in [3.8, 4) is 0 Å². The van der Waals surface area contributed by atoms with E-state index in [1.165, 1.54) is 19.9 Å². The van der Waals surface area contributed by atoms with Crippen molar-refractivity contribution in [2.45, 2.75) is 58.3 Å². The number of hydrogen-bond acceptors (Lipinski definition) is 7. The van der Waals surface area contributed by atoms with Crippen LogP contribution in [0.5, 0.6) is 0 Å². The first-order valence-electron chi connectivity index (χ1n) is 9.39. The Bertz CT molecular complexity index is 783. The van der Waals surface area contributed by atoms with Crippen LogP contribution in [0.3, 0.4) is 0 Å². The molecule has 2 atom stereocenters. The van der Waals surface area contributed by atoms with E-state index in [1.807, 2.05) is 6.92 Å². The van der Waals surface area contributed by atoms with Gasteiger partial charge >= 0.3 is 23.7 Å². The minimum absolute atomic E-state index is 0.143. The summed E-state index contributed by atoms with van der Waals surface area (Å²) in [7, 11) is 0. The highest BCUT2D eigenvalue weighted by Crippen LogP contribution is 2.40. The second-order valence-electron chi connectivity index (χ2n) is 6.91. The van der Waals surface area contributed by atoms with Gasteiger partial charge in [-0.15, -0.1) is 0 Å². The molecule has 162 valence electrons. The van der Waals surface area contributed by atoms with Crippen LogP contribution in [-0.4, -0.2) is 46.9 Å². The Morgan fingerprint density at radius 1 is 1.41 bits per heavy atom. The van der Waals surface area contributed by atoms with Crippen LogP contribution >= 0.6 is 0 Å². The van der Waals surface area contributed by atoms with Crippen molar-refractivity contribution in [3.05, 3.63) is 22.7 Å². The Labute approximate surface area is 166 Å². The molecule has 0 bridgehead atoms. The lowest BCUT2D eigenvalue weighted by atomic mass is 10.2. The van der Waals surface area contributed by atoms with Crippen LogP contribution in [0.1, 0.15) is 46.3 Å². The van der Waals surface area contributed by atoms with Crippen LogP contribution in [0.15, 0.2) is 17.1 Å². The number of halogens is 2. The van der Waals surface area contributed by atoms with E-state index in [9.17, 15) is 23.2 Å². The van der Waals surface area contributed by atoms with E-state index in [0.717, 1.165) is 19.0 Å². The molecule has 0 saturated carbocycles. The molecule has 1 aliphatic rings. The average Bonchev–Trinajstić information content (AvgIpc) is 2.93. The van der Waals surface area contributed by atoms with E-state index in [4.69, 9.17) is 14.2 Å². The molecule has 1 aliphatic heterocycles. The van der Waals surface area contributed by atoms with Crippen LogP contribution in [0, 0.1) is 5.92 Å². The first kappa shape index (κ1) is 22.7. The fraction of sp³-hybridized carbons (Fsp3) is 0.667. The maximum absolute atomic E-state index is 14.6. The molecule has 2 heterocycles. The Morgan fingerprint density at radius 3 is 2.76 bits per heavy atom. The van der Waals surface area contributed by atoms with E-state index in [0.29, 0.717) is 11.0 Å². The summed E-state index contributed by atoms with van der Waals surface area (Å²) in [6.45, 7) is 4.70. The number of esters is 1. The van der Waals surface area contributed by atoms with E-state index in [1.54, 1.807) is 0 Å². The molecule has 11 heteroatoms. The van der Waals surface area contributed by atoms with E-state index >= 15 is 0 Å². The van der Waals surface area contributed by atoms with Crippen molar-refractivity contribution in [2.24, 2.45) is 5.92 Å². The topological polar surface area (TPSA) is 109 Å². The van der Waals surface area contributed by atoms with E-state index in [2.05, 4.69) is 10.3 Å². The van der Waals surface area contributed by atoms with Gasteiger partial charge in [-0.25, -0.2) is 9.59 Å². The summed E-state index contributed by atoms with van der Waals surface area (Å²) in [5, 5.41) is 2.26. The molecule has 0 aromatic carbocycles. The zero-order valence-corrected chi connectivity index (χ0v) is 16.5. The van der Waals surface area contributed by atoms with Crippen molar-refractivity contribution in [2.75, 3.05) is 18.5 Å².